The molecule has 2 aromatic rings. The number of ether oxygens (including phenoxy) is 1. The fourth-order valence-corrected chi connectivity index (χ4v) is 2.01. The van der Waals surface area contributed by atoms with E-state index in [0.29, 0.717) is 0 Å². The van der Waals surface area contributed by atoms with Crippen molar-refractivity contribution in [3.8, 4) is 5.75 Å². The van der Waals surface area contributed by atoms with Crippen LogP contribution in [0.25, 0.3) is 0 Å². The topological polar surface area (TPSA) is 35.2 Å². The average molecular weight is 255 g/mol. The number of nitrogens with two attached hydrogens (primary N) is 1. The molecule has 2 nitrogen and oxygen atoms in total. The molecule has 0 fully saturated rings. The molecule has 2 aromatic carbocycles. The van der Waals surface area contributed by atoms with E-state index in [4.69, 9.17) is 10.5 Å². The Morgan fingerprint density at radius 2 is 1.74 bits per heavy atom. The van der Waals surface area contributed by atoms with Crippen molar-refractivity contribution < 1.29 is 4.74 Å². The van der Waals surface area contributed by atoms with Crippen molar-refractivity contribution in [1.29, 1.82) is 0 Å². The molecule has 0 aliphatic carbocycles. The molecule has 0 unspecified atom stereocenters. The lowest BCUT2D eigenvalue weighted by Crippen LogP contribution is -2.00. The Balaban J connectivity index is 1.74. The Labute approximate surface area is 115 Å². The second kappa shape index (κ2) is 6.83. The standard InChI is InChI=1S/C17H21NO/c1-2-14-8-10-15(11-9-14)5-4-12-19-17-7-3-6-16(18)13-17/h3,6-11,13H,2,4-5,12,18H2,1H3. The van der Waals surface area contributed by atoms with Gasteiger partial charge in [0.15, 0.2) is 0 Å². The molecular formula is C17H21NO. The van der Waals surface area contributed by atoms with Crippen molar-refractivity contribution in [3.63, 3.8) is 0 Å². The zero-order valence-electron chi connectivity index (χ0n) is 11.4. The molecule has 0 radical (unpaired) electrons. The Kier molecular flexibility index (Phi) is 4.85. The van der Waals surface area contributed by atoms with Crippen LogP contribution in [0.1, 0.15) is 24.5 Å². The summed E-state index contributed by atoms with van der Waals surface area (Å²) in [4.78, 5) is 0. The summed E-state index contributed by atoms with van der Waals surface area (Å²) in [6.45, 7) is 2.90. The molecule has 0 amide bonds. The van der Waals surface area contributed by atoms with E-state index < -0.39 is 0 Å². The summed E-state index contributed by atoms with van der Waals surface area (Å²) < 4.78 is 5.67. The Morgan fingerprint density at radius 1 is 1.00 bits per heavy atom. The predicted molar refractivity (Wildman–Crippen MR) is 80.5 cm³/mol. The van der Waals surface area contributed by atoms with Crippen LogP contribution >= 0.6 is 0 Å². The Bertz CT molecular complexity index is 505. The zero-order chi connectivity index (χ0) is 13.5. The second-order valence-electron chi connectivity index (χ2n) is 4.69. The maximum Gasteiger partial charge on any atom is 0.121 e. The number of benzene rings is 2. The summed E-state index contributed by atoms with van der Waals surface area (Å²) >= 11 is 0. The minimum Gasteiger partial charge on any atom is -0.494 e. The van der Waals surface area contributed by atoms with Gasteiger partial charge in [-0.15, -0.1) is 0 Å². The first-order valence-corrected chi connectivity index (χ1v) is 6.84. The summed E-state index contributed by atoms with van der Waals surface area (Å²) in [7, 11) is 0. The van der Waals surface area contributed by atoms with Gasteiger partial charge < -0.3 is 10.5 Å². The van der Waals surface area contributed by atoms with Gasteiger partial charge >= 0.3 is 0 Å². The quantitative estimate of drug-likeness (QED) is 0.628. The fourth-order valence-electron chi connectivity index (χ4n) is 2.01. The molecular weight excluding hydrogens is 234 g/mol. The highest BCUT2D eigenvalue weighted by Crippen LogP contribution is 2.15. The molecule has 2 rings (SSSR count). The first kappa shape index (κ1) is 13.5. The Hall–Kier alpha value is -1.96. The number of anilines is 1. The number of aryl methyl sites for hydroxylation is 2. The molecule has 0 aromatic heterocycles. The lowest BCUT2D eigenvalue weighted by Gasteiger charge is -2.07. The zero-order valence-corrected chi connectivity index (χ0v) is 11.4. The highest BCUT2D eigenvalue weighted by Gasteiger charge is 1.97. The lowest BCUT2D eigenvalue weighted by atomic mass is 10.1. The van der Waals surface area contributed by atoms with Gasteiger partial charge in [-0.2, -0.15) is 0 Å². The van der Waals surface area contributed by atoms with Crippen molar-refractivity contribution in [2.75, 3.05) is 12.3 Å². The molecule has 100 valence electrons. The number of hydrogen-bond donors (Lipinski definition) is 1. The highest BCUT2D eigenvalue weighted by molar-refractivity contribution is 5.43. The molecule has 0 aliphatic heterocycles. The molecule has 0 saturated heterocycles. The fraction of sp³-hybridized carbons (Fsp3) is 0.294. The minimum absolute atomic E-state index is 0.721. The molecule has 2 heteroatoms. The number of rotatable bonds is 6. The van der Waals surface area contributed by atoms with Crippen molar-refractivity contribution in [2.24, 2.45) is 0 Å². The van der Waals surface area contributed by atoms with Gasteiger partial charge in [0.2, 0.25) is 0 Å². The van der Waals surface area contributed by atoms with Gasteiger partial charge in [0.1, 0.15) is 5.75 Å². The molecule has 0 saturated carbocycles. The summed E-state index contributed by atoms with van der Waals surface area (Å²) in [6, 6.07) is 16.4. The third kappa shape index (κ3) is 4.32. The second-order valence-corrected chi connectivity index (χ2v) is 4.69. The highest BCUT2D eigenvalue weighted by atomic mass is 16.5. The van der Waals surface area contributed by atoms with Gasteiger partial charge in [-0.25, -0.2) is 0 Å². The third-order valence-corrected chi connectivity index (χ3v) is 3.17. The first-order valence-electron chi connectivity index (χ1n) is 6.84. The van der Waals surface area contributed by atoms with Gasteiger partial charge in [-0.05, 0) is 42.5 Å². The smallest absolute Gasteiger partial charge is 0.121 e. The van der Waals surface area contributed by atoms with Crippen LogP contribution in [0.3, 0.4) is 0 Å². The normalized spacial score (nSPS) is 10.4. The first-order chi connectivity index (χ1) is 9.28. The van der Waals surface area contributed by atoms with Crippen LogP contribution in [-0.4, -0.2) is 6.61 Å². The summed E-state index contributed by atoms with van der Waals surface area (Å²) in [6.07, 6.45) is 3.16. The van der Waals surface area contributed by atoms with Gasteiger partial charge in [0.05, 0.1) is 6.61 Å². The van der Waals surface area contributed by atoms with Crippen LogP contribution < -0.4 is 10.5 Å². The molecule has 0 heterocycles. The maximum absolute atomic E-state index is 5.70. The largest absolute Gasteiger partial charge is 0.494 e. The summed E-state index contributed by atoms with van der Waals surface area (Å²) in [5.74, 6) is 0.848. The summed E-state index contributed by atoms with van der Waals surface area (Å²) in [5.41, 5.74) is 9.20. The van der Waals surface area contributed by atoms with E-state index in [0.717, 1.165) is 37.3 Å². The summed E-state index contributed by atoms with van der Waals surface area (Å²) in [5, 5.41) is 0. The van der Waals surface area contributed by atoms with Gasteiger partial charge in [-0.1, -0.05) is 37.3 Å². The van der Waals surface area contributed by atoms with Crippen molar-refractivity contribution in [2.45, 2.75) is 26.2 Å². The predicted octanol–water partition coefficient (Wildman–Crippen LogP) is 3.84. The molecule has 0 aliphatic rings. The molecule has 19 heavy (non-hydrogen) atoms. The van der Waals surface area contributed by atoms with Crippen LogP contribution in [0.15, 0.2) is 48.5 Å². The monoisotopic (exact) mass is 255 g/mol. The van der Waals surface area contributed by atoms with E-state index in [2.05, 4.69) is 31.2 Å². The van der Waals surface area contributed by atoms with E-state index in [1.54, 1.807) is 0 Å². The van der Waals surface area contributed by atoms with E-state index in [9.17, 15) is 0 Å². The van der Waals surface area contributed by atoms with E-state index >= 15 is 0 Å². The molecule has 0 atom stereocenters. The van der Waals surface area contributed by atoms with Crippen LogP contribution in [-0.2, 0) is 12.8 Å². The van der Waals surface area contributed by atoms with E-state index in [1.165, 1.54) is 11.1 Å². The van der Waals surface area contributed by atoms with Gasteiger partial charge in [-0.3, -0.25) is 0 Å². The van der Waals surface area contributed by atoms with Gasteiger partial charge in [0.25, 0.3) is 0 Å². The third-order valence-electron chi connectivity index (χ3n) is 3.17. The minimum atomic E-state index is 0.721. The molecule has 0 bridgehead atoms. The van der Waals surface area contributed by atoms with Gasteiger partial charge in [0, 0.05) is 11.8 Å². The maximum atomic E-state index is 5.70. The van der Waals surface area contributed by atoms with E-state index in [-0.39, 0.29) is 0 Å². The Morgan fingerprint density at radius 3 is 2.42 bits per heavy atom. The van der Waals surface area contributed by atoms with Crippen LogP contribution in [0.2, 0.25) is 0 Å². The SMILES string of the molecule is CCc1ccc(CCCOc2cccc(N)c2)cc1. The molecule has 2 N–H and O–H groups in total. The van der Waals surface area contributed by atoms with Crippen LogP contribution in [0.4, 0.5) is 5.69 Å². The average Bonchev–Trinajstić information content (AvgIpc) is 2.44. The number of nitrogen functional groups attached to an aromatic ring is 1. The lowest BCUT2D eigenvalue weighted by molar-refractivity contribution is 0.311. The van der Waals surface area contributed by atoms with E-state index in [1.807, 2.05) is 24.3 Å². The number of hydrogen-bond acceptors (Lipinski definition) is 2. The van der Waals surface area contributed by atoms with Crippen molar-refractivity contribution >= 4 is 5.69 Å². The van der Waals surface area contributed by atoms with Crippen molar-refractivity contribution in [3.05, 3.63) is 59.7 Å². The van der Waals surface area contributed by atoms with Crippen LogP contribution in [0.5, 0.6) is 5.75 Å². The van der Waals surface area contributed by atoms with Crippen molar-refractivity contribution in [1.82, 2.24) is 0 Å². The van der Waals surface area contributed by atoms with Crippen LogP contribution in [0, 0.1) is 0 Å². The molecule has 0 spiro atoms.